The summed E-state index contributed by atoms with van der Waals surface area (Å²) in [7, 11) is -31.8. The molecule has 0 bridgehead atoms. The predicted molar refractivity (Wildman–Crippen MR) is 218 cm³/mol. The maximum Gasteiger partial charge on any atom is 0.490 e. The van der Waals surface area contributed by atoms with Crippen LogP contribution in [0.3, 0.4) is 0 Å². The highest BCUT2D eigenvalue weighted by atomic mass is 31.3. The van der Waals surface area contributed by atoms with Gasteiger partial charge in [-0.05, 0) is 7.05 Å². The van der Waals surface area contributed by atoms with E-state index in [1.165, 1.54) is 7.05 Å². The quantitative estimate of drug-likeness (QED) is 0.0550. The van der Waals surface area contributed by atoms with Crippen molar-refractivity contribution >= 4 is 52.8 Å². The second-order valence-corrected chi connectivity index (χ2v) is 22.5. The van der Waals surface area contributed by atoms with Crippen LogP contribution in [-0.4, -0.2) is 165 Å². The molecule has 2 fully saturated rings. The Morgan fingerprint density at radius 3 is 1.35 bits per heavy atom. The van der Waals surface area contributed by atoms with Gasteiger partial charge in [-0.25, -0.2) is 37.0 Å². The Balaban J connectivity index is 0.000000710. The van der Waals surface area contributed by atoms with Gasteiger partial charge in [0.25, 0.3) is 11.1 Å². The van der Waals surface area contributed by atoms with E-state index in [0.29, 0.717) is 17.8 Å². The van der Waals surface area contributed by atoms with Gasteiger partial charge in [-0.15, -0.1) is 0 Å². The average molecular weight is 1190 g/mol. The summed E-state index contributed by atoms with van der Waals surface area (Å²) in [4.78, 5) is 134. The molecule has 48 heteroatoms. The lowest BCUT2D eigenvalue weighted by atomic mass is 10.1. The van der Waals surface area contributed by atoms with E-state index in [4.69, 9.17) is 38.8 Å². The van der Waals surface area contributed by atoms with Gasteiger partial charge in [-0.1, -0.05) is 0 Å². The lowest BCUT2D eigenvalue weighted by Gasteiger charge is -2.21. The molecule has 418 valence electrons. The molecule has 0 saturated carbocycles. The number of halogens is 3. The molecule has 0 aliphatic carbocycles. The van der Waals surface area contributed by atoms with Crippen LogP contribution in [0.15, 0.2) is 31.6 Å². The molecule has 20 N–H and O–H groups in total. The molecular formula is C24H44F3N7O32P6. The third-order valence-corrected chi connectivity index (χ3v) is 15.9. The first-order valence-electron chi connectivity index (χ1n) is 17.8. The van der Waals surface area contributed by atoms with Crippen molar-refractivity contribution in [1.82, 2.24) is 35.5 Å². The molecule has 72 heavy (non-hydrogen) atoms. The predicted octanol–water partition coefficient (Wildman–Crippen LogP) is -5.42. The molecule has 2 aromatic rings. The second-order valence-electron chi connectivity index (χ2n) is 13.7. The SMILES string of the molecule is CN(Cc1cn([C@@H]2O[C@H](COP(=O)(O)OP(=O)(O)OP(=O)(O)O)C(O)[C@@H]2O)c(=O)[nH]c1=O)C(=O)C(F)(F)F.CNCc1cn([C@@H]2O[C@H](COP(=O)(O)OP(=O)(O)OP(=O)(O)O)C(O)[C@@H]2O)c(=O)[nH]c1=O.N.O. The Morgan fingerprint density at radius 2 is 1.01 bits per heavy atom. The minimum atomic E-state index is -5.86. The van der Waals surface area contributed by atoms with Crippen LogP contribution in [-0.2, 0) is 81.0 Å². The number of hydrogen-bond acceptors (Lipinski definition) is 25. The third kappa shape index (κ3) is 19.7. The zero-order chi connectivity index (χ0) is 53.9. The summed E-state index contributed by atoms with van der Waals surface area (Å²) in [6, 6.07) is 0. The average Bonchev–Trinajstić information content (AvgIpc) is 3.60. The smallest absolute Gasteiger partial charge is 0.412 e. The van der Waals surface area contributed by atoms with Crippen molar-refractivity contribution in [2.45, 2.75) is 68.3 Å². The highest BCUT2D eigenvalue weighted by molar-refractivity contribution is 7.67. The van der Waals surface area contributed by atoms with Crippen molar-refractivity contribution in [3.05, 3.63) is 65.2 Å². The van der Waals surface area contributed by atoms with Crippen molar-refractivity contribution in [2.24, 2.45) is 0 Å². The van der Waals surface area contributed by atoms with E-state index in [1.54, 1.807) is 4.98 Å². The van der Waals surface area contributed by atoms with E-state index < -0.39 is 156 Å². The zero-order valence-electron chi connectivity index (χ0n) is 35.6. The number of phosphoric acid groups is 6. The maximum atomic E-state index is 12.6. The van der Waals surface area contributed by atoms with Crippen molar-refractivity contribution < 1.29 is 146 Å². The lowest BCUT2D eigenvalue weighted by molar-refractivity contribution is -0.184. The first kappa shape index (κ1) is 67.1. The Bertz CT molecular complexity index is 2760. The Kier molecular flexibility index (Phi) is 23.6. The Hall–Kier alpha value is -2.92. The van der Waals surface area contributed by atoms with Gasteiger partial charge in [-0.3, -0.25) is 42.5 Å². The van der Waals surface area contributed by atoms with E-state index in [0.717, 1.165) is 10.8 Å². The third-order valence-electron chi connectivity index (χ3n) is 8.31. The molecule has 1 amide bonds. The van der Waals surface area contributed by atoms with E-state index in [9.17, 15) is 94.7 Å². The topological polar surface area (TPSA) is 628 Å². The molecule has 2 aromatic heterocycles. The highest BCUT2D eigenvalue weighted by Crippen LogP contribution is 2.67. The van der Waals surface area contributed by atoms with Crippen LogP contribution in [0.4, 0.5) is 13.2 Å². The summed E-state index contributed by atoms with van der Waals surface area (Å²) in [5, 5.41) is 43.3. The Labute approximate surface area is 395 Å². The fourth-order valence-corrected chi connectivity index (χ4v) is 11.6. The zero-order valence-corrected chi connectivity index (χ0v) is 41.0. The monoisotopic (exact) mass is 1190 g/mol. The van der Waals surface area contributed by atoms with Gasteiger partial charge >= 0.3 is 70.4 Å². The summed E-state index contributed by atoms with van der Waals surface area (Å²) in [6.07, 6.45) is -18.1. The molecule has 4 rings (SSSR count). The van der Waals surface area contributed by atoms with Gasteiger partial charge in [0.2, 0.25) is 0 Å². The number of aliphatic hydroxyl groups excluding tert-OH is 4. The number of carbonyl (C=O) groups is 1. The summed E-state index contributed by atoms with van der Waals surface area (Å²) < 4.78 is 140. The summed E-state index contributed by atoms with van der Waals surface area (Å²) in [5.74, 6) is -2.33. The molecule has 2 aliphatic rings. The number of rotatable bonds is 20. The van der Waals surface area contributed by atoms with Crippen LogP contribution < -0.4 is 34.0 Å². The summed E-state index contributed by atoms with van der Waals surface area (Å²) >= 11 is 0. The van der Waals surface area contributed by atoms with Crippen molar-refractivity contribution in [3.63, 3.8) is 0 Å². The van der Waals surface area contributed by atoms with Crippen molar-refractivity contribution in [1.29, 1.82) is 0 Å². The molecule has 0 aromatic carbocycles. The maximum absolute atomic E-state index is 12.6. The molecule has 2 aliphatic heterocycles. The van der Waals surface area contributed by atoms with Crippen LogP contribution in [0, 0.1) is 0 Å². The summed E-state index contributed by atoms with van der Waals surface area (Å²) in [5.41, 5.74) is -4.73. The van der Waals surface area contributed by atoms with Crippen LogP contribution in [0.2, 0.25) is 0 Å². The highest BCUT2D eigenvalue weighted by Gasteiger charge is 2.49. The standard InChI is InChI=1S/C13H19F3N3O16P3.C11H20N3O15P3.H3N.H2O/c1-18(11(23)13(14,15)16)2-5-3-19(12(24)17-9(5)22)10-8(21)7(20)6(33-10)4-32-37(28,29)35-38(30,31)34-36(25,26)27;1-12-2-5-3-14(11(18)13-9(5)17)10-8(16)7(15)6(27-10)4-26-31(22,23)29-32(24,25)28-30(19,20)21;;/h3,6-8,10,20-21H,2,4H2,1H3,(H,28,29)(H,30,31)(H,17,22,24)(H2,25,26,27);3,6-8,10,12,15-16H,2,4H2,1H3,(H,22,23)(H,24,25)(H,13,17,18)(H2,19,20,21);1H3;1H2/t2*6-,7?,8+,10-;;/m11../s1. The number of aliphatic hydroxyl groups is 4. The molecule has 0 radical (unpaired) electrons. The molecule has 6 unspecified atom stereocenters. The minimum absolute atomic E-state index is 0. The van der Waals surface area contributed by atoms with Crippen LogP contribution in [0.25, 0.3) is 0 Å². The van der Waals surface area contributed by atoms with Gasteiger partial charge in [0, 0.05) is 31.5 Å². The van der Waals surface area contributed by atoms with Gasteiger partial charge in [0.15, 0.2) is 12.5 Å². The first-order valence-corrected chi connectivity index (χ1v) is 26.9. The molecular weight excluding hydrogens is 1140 g/mol. The van der Waals surface area contributed by atoms with Crippen LogP contribution in [0.1, 0.15) is 23.6 Å². The van der Waals surface area contributed by atoms with Gasteiger partial charge in [0.1, 0.15) is 36.6 Å². The number of carbonyl (C=O) groups excluding carboxylic acids is 1. The van der Waals surface area contributed by atoms with Gasteiger partial charge < -0.3 is 90.9 Å². The normalized spacial score (nSPS) is 25.8. The number of amides is 1. The first-order chi connectivity index (χ1) is 31.6. The molecule has 39 nitrogen and oxygen atoms in total. The van der Waals surface area contributed by atoms with Crippen molar-refractivity contribution in [3.8, 4) is 0 Å². The fraction of sp³-hybridized carbons (Fsp3) is 0.625. The van der Waals surface area contributed by atoms with Gasteiger partial charge in [0.05, 0.1) is 25.3 Å². The minimum Gasteiger partial charge on any atom is -0.412 e. The summed E-state index contributed by atoms with van der Waals surface area (Å²) in [6.45, 7) is -3.21. The Morgan fingerprint density at radius 1 is 0.667 bits per heavy atom. The molecule has 4 heterocycles. The second kappa shape index (κ2) is 25.3. The number of alkyl halides is 3. The van der Waals surface area contributed by atoms with E-state index in [-0.39, 0.29) is 28.6 Å². The number of H-pyrrole nitrogens is 2. The van der Waals surface area contributed by atoms with E-state index in [1.807, 2.05) is 4.98 Å². The number of hydrogen-bond donors (Lipinski definition) is 16. The molecule has 12 atom stereocenters. The van der Waals surface area contributed by atoms with Crippen molar-refractivity contribution in [2.75, 3.05) is 27.3 Å². The number of nitrogens with one attached hydrogen (secondary N) is 3. The molecule has 0 spiro atoms. The van der Waals surface area contributed by atoms with Gasteiger partial charge in [-0.2, -0.15) is 30.4 Å². The molecule has 2 saturated heterocycles. The number of aromatic amines is 2. The lowest BCUT2D eigenvalue weighted by Crippen LogP contribution is -2.42. The number of ether oxygens (including phenoxy) is 2. The fourth-order valence-electron chi connectivity index (χ4n) is 5.54. The van der Waals surface area contributed by atoms with E-state index in [2.05, 4.69) is 31.6 Å². The number of nitrogens with zero attached hydrogens (tertiary/aromatic N) is 3. The number of aromatic nitrogens is 4. The largest absolute Gasteiger partial charge is 0.490 e. The van der Waals surface area contributed by atoms with Crippen LogP contribution >= 0.6 is 46.9 Å². The number of phosphoric ester groups is 2. The van der Waals surface area contributed by atoms with Crippen LogP contribution in [0.5, 0.6) is 0 Å². The van der Waals surface area contributed by atoms with E-state index >= 15 is 0 Å².